The number of halogens is 2. The van der Waals surface area contributed by atoms with Gasteiger partial charge in [0.05, 0.1) is 12.3 Å². The van der Waals surface area contributed by atoms with Gasteiger partial charge in [0.1, 0.15) is 0 Å². The quantitative estimate of drug-likeness (QED) is 0.872. The molecule has 0 spiro atoms. The van der Waals surface area contributed by atoms with E-state index < -0.39 is 0 Å². The normalized spacial score (nSPS) is 10.4. The molecule has 0 saturated carbocycles. The Morgan fingerprint density at radius 3 is 2.80 bits per heavy atom. The molecule has 1 aromatic carbocycles. The summed E-state index contributed by atoms with van der Waals surface area (Å²) >= 11 is 9.55. The Bertz CT molecular complexity index is 637. The van der Waals surface area contributed by atoms with Crippen LogP contribution in [0.5, 0.6) is 6.01 Å². The number of nitrogens with one attached hydrogen (secondary N) is 1. The molecule has 20 heavy (non-hydrogen) atoms. The molecule has 3 N–H and O–H groups in total. The number of hydrogen-bond donors (Lipinski definition) is 2. The van der Waals surface area contributed by atoms with E-state index in [-0.39, 0.29) is 12.0 Å². The number of aromatic nitrogens is 3. The number of ether oxygens (including phenoxy) is 1. The van der Waals surface area contributed by atoms with Gasteiger partial charge in [-0.25, -0.2) is 0 Å². The molecule has 0 amide bonds. The summed E-state index contributed by atoms with van der Waals surface area (Å²) in [6, 6.07) is 3.86. The van der Waals surface area contributed by atoms with Gasteiger partial charge in [-0.1, -0.05) is 11.6 Å². The second kappa shape index (κ2) is 6.23. The number of rotatable bonds is 4. The second-order valence-electron chi connectivity index (χ2n) is 3.94. The van der Waals surface area contributed by atoms with E-state index in [0.717, 1.165) is 15.7 Å². The summed E-state index contributed by atoms with van der Waals surface area (Å²) in [5.74, 6) is 0.377. The Morgan fingerprint density at radius 2 is 2.10 bits per heavy atom. The third kappa shape index (κ3) is 3.49. The molecule has 0 radical (unpaired) electrons. The van der Waals surface area contributed by atoms with Crippen LogP contribution in [0.4, 0.5) is 17.6 Å². The largest absolute Gasteiger partial charge is 0.464 e. The van der Waals surface area contributed by atoms with E-state index >= 15 is 0 Å². The third-order valence-corrected chi connectivity index (χ3v) is 3.46. The van der Waals surface area contributed by atoms with E-state index in [0.29, 0.717) is 17.6 Å². The Kier molecular flexibility index (Phi) is 4.61. The number of hydrogen-bond acceptors (Lipinski definition) is 6. The van der Waals surface area contributed by atoms with Crippen molar-refractivity contribution in [3.05, 3.63) is 27.2 Å². The zero-order valence-electron chi connectivity index (χ0n) is 10.9. The molecule has 0 aliphatic heterocycles. The molecule has 106 valence electrons. The lowest BCUT2D eigenvalue weighted by atomic mass is 10.2. The highest BCUT2D eigenvalue weighted by molar-refractivity contribution is 9.10. The molecular formula is C12H13BrClN5O. The van der Waals surface area contributed by atoms with Crippen molar-refractivity contribution in [2.45, 2.75) is 13.8 Å². The van der Waals surface area contributed by atoms with Gasteiger partial charge in [0.25, 0.3) is 0 Å². The van der Waals surface area contributed by atoms with Crippen molar-refractivity contribution >= 4 is 45.1 Å². The molecule has 0 aliphatic carbocycles. The van der Waals surface area contributed by atoms with E-state index in [4.69, 9.17) is 22.1 Å². The highest BCUT2D eigenvalue weighted by Crippen LogP contribution is 2.30. The Morgan fingerprint density at radius 1 is 1.35 bits per heavy atom. The number of nitrogens with two attached hydrogens (primary N) is 1. The molecule has 0 aliphatic rings. The fraction of sp³-hybridized carbons (Fsp3) is 0.250. The standard InChI is InChI=1S/C12H13BrClN5O/c1-3-20-12-18-10(15)17-11(19-12)16-9-5-8(14)6(2)4-7(9)13/h4-5H,3H2,1-2H3,(H3,15,16,17,18,19). The smallest absolute Gasteiger partial charge is 0.323 e. The lowest BCUT2D eigenvalue weighted by molar-refractivity contribution is 0.312. The van der Waals surface area contributed by atoms with Crippen LogP contribution in [0.25, 0.3) is 0 Å². The first kappa shape index (κ1) is 14.8. The molecule has 8 heteroatoms. The monoisotopic (exact) mass is 357 g/mol. The maximum absolute atomic E-state index is 6.10. The molecule has 0 atom stereocenters. The van der Waals surface area contributed by atoms with Crippen LogP contribution in [0.2, 0.25) is 5.02 Å². The Labute approximate surface area is 129 Å². The number of benzene rings is 1. The molecule has 2 rings (SSSR count). The highest BCUT2D eigenvalue weighted by atomic mass is 79.9. The van der Waals surface area contributed by atoms with Crippen LogP contribution in [0.3, 0.4) is 0 Å². The van der Waals surface area contributed by atoms with Crippen LogP contribution < -0.4 is 15.8 Å². The summed E-state index contributed by atoms with van der Waals surface area (Å²) in [5, 5.41) is 3.67. The molecule has 0 unspecified atom stereocenters. The van der Waals surface area contributed by atoms with Crippen molar-refractivity contribution in [2.24, 2.45) is 0 Å². The third-order valence-electron chi connectivity index (χ3n) is 2.40. The zero-order valence-corrected chi connectivity index (χ0v) is 13.3. The molecule has 1 aromatic heterocycles. The summed E-state index contributed by atoms with van der Waals surface area (Å²) < 4.78 is 6.06. The molecule has 0 saturated heterocycles. The van der Waals surface area contributed by atoms with Crippen LogP contribution >= 0.6 is 27.5 Å². The van der Waals surface area contributed by atoms with Crippen LogP contribution in [0.15, 0.2) is 16.6 Å². The predicted molar refractivity (Wildman–Crippen MR) is 82.6 cm³/mol. The van der Waals surface area contributed by atoms with Crippen molar-refractivity contribution in [3.8, 4) is 6.01 Å². The molecule has 0 bridgehead atoms. The van der Waals surface area contributed by atoms with E-state index in [1.807, 2.05) is 19.9 Å². The van der Waals surface area contributed by atoms with E-state index in [2.05, 4.69) is 36.2 Å². The van der Waals surface area contributed by atoms with Gasteiger partial charge in [-0.3, -0.25) is 0 Å². The molecule has 0 fully saturated rings. The first-order valence-corrected chi connectivity index (χ1v) is 7.03. The van der Waals surface area contributed by atoms with Gasteiger partial charge < -0.3 is 15.8 Å². The fourth-order valence-electron chi connectivity index (χ4n) is 1.48. The summed E-state index contributed by atoms with van der Waals surface area (Å²) in [4.78, 5) is 12.0. The van der Waals surface area contributed by atoms with Crippen LogP contribution in [-0.2, 0) is 0 Å². The van der Waals surface area contributed by atoms with Gasteiger partial charge in [-0.15, -0.1) is 0 Å². The summed E-state index contributed by atoms with van der Waals surface area (Å²) in [5.41, 5.74) is 7.31. The Hall–Kier alpha value is -1.60. The molecular weight excluding hydrogens is 346 g/mol. The number of nitrogens with zero attached hydrogens (tertiary/aromatic N) is 3. The first-order valence-electron chi connectivity index (χ1n) is 5.86. The van der Waals surface area contributed by atoms with Gasteiger partial charge in [0.2, 0.25) is 11.9 Å². The molecule has 1 heterocycles. The van der Waals surface area contributed by atoms with E-state index in [9.17, 15) is 0 Å². The topological polar surface area (TPSA) is 86.0 Å². The summed E-state index contributed by atoms with van der Waals surface area (Å²) in [6.07, 6.45) is 0. The SMILES string of the molecule is CCOc1nc(N)nc(Nc2cc(Cl)c(C)cc2Br)n1. The van der Waals surface area contributed by atoms with Crippen LogP contribution in [-0.4, -0.2) is 21.6 Å². The van der Waals surface area contributed by atoms with E-state index in [1.165, 1.54) is 0 Å². The predicted octanol–water partition coefficient (Wildman–Crippen LogP) is 3.32. The summed E-state index contributed by atoms with van der Waals surface area (Å²) in [7, 11) is 0. The van der Waals surface area contributed by atoms with Crippen molar-refractivity contribution in [1.29, 1.82) is 0 Å². The lowest BCUT2D eigenvalue weighted by Gasteiger charge is -2.10. The van der Waals surface area contributed by atoms with Crippen LogP contribution in [0, 0.1) is 6.92 Å². The minimum Gasteiger partial charge on any atom is -0.464 e. The number of aryl methyl sites for hydroxylation is 1. The fourth-order valence-corrected chi connectivity index (χ4v) is 2.20. The minimum absolute atomic E-state index is 0.0836. The van der Waals surface area contributed by atoms with Gasteiger partial charge in [-0.05, 0) is 47.5 Å². The molecule has 2 aromatic rings. The van der Waals surface area contributed by atoms with E-state index in [1.54, 1.807) is 6.07 Å². The van der Waals surface area contributed by atoms with Crippen molar-refractivity contribution in [2.75, 3.05) is 17.7 Å². The number of anilines is 3. The van der Waals surface area contributed by atoms with Gasteiger partial charge in [0.15, 0.2) is 0 Å². The zero-order chi connectivity index (χ0) is 14.7. The van der Waals surface area contributed by atoms with Crippen LogP contribution in [0.1, 0.15) is 12.5 Å². The maximum Gasteiger partial charge on any atom is 0.323 e. The van der Waals surface area contributed by atoms with Gasteiger partial charge in [0, 0.05) is 9.50 Å². The Balaban J connectivity index is 2.32. The van der Waals surface area contributed by atoms with Gasteiger partial charge in [-0.2, -0.15) is 15.0 Å². The number of nitrogen functional groups attached to an aromatic ring is 1. The summed E-state index contributed by atoms with van der Waals surface area (Å²) in [6.45, 7) is 4.21. The first-order chi connectivity index (χ1) is 9.49. The second-order valence-corrected chi connectivity index (χ2v) is 5.20. The minimum atomic E-state index is 0.0836. The van der Waals surface area contributed by atoms with Crippen molar-refractivity contribution in [3.63, 3.8) is 0 Å². The lowest BCUT2D eigenvalue weighted by Crippen LogP contribution is -2.07. The average molecular weight is 359 g/mol. The average Bonchev–Trinajstić information content (AvgIpc) is 2.35. The highest BCUT2D eigenvalue weighted by Gasteiger charge is 2.09. The maximum atomic E-state index is 6.10. The van der Waals surface area contributed by atoms with Gasteiger partial charge >= 0.3 is 6.01 Å². The van der Waals surface area contributed by atoms with Crippen molar-refractivity contribution in [1.82, 2.24) is 15.0 Å². The molecule has 6 nitrogen and oxygen atoms in total. The van der Waals surface area contributed by atoms with Crippen molar-refractivity contribution < 1.29 is 4.74 Å².